The summed E-state index contributed by atoms with van der Waals surface area (Å²) in [6.07, 6.45) is 3.01. The molecule has 0 aliphatic heterocycles. The van der Waals surface area contributed by atoms with Gasteiger partial charge in [-0.1, -0.05) is 68.8 Å². The Hall–Kier alpha value is -2.94. The normalized spacial score (nSPS) is 14.3. The lowest BCUT2D eigenvalue weighted by molar-refractivity contribution is -0.133. The van der Waals surface area contributed by atoms with Crippen LogP contribution in [0.1, 0.15) is 54.0 Å². The second-order valence-electron chi connectivity index (χ2n) is 9.50. The summed E-state index contributed by atoms with van der Waals surface area (Å²) in [6.45, 7) is 11.9. The van der Waals surface area contributed by atoms with Crippen molar-refractivity contribution in [2.24, 2.45) is 11.3 Å². The molecule has 0 saturated heterocycles. The Morgan fingerprint density at radius 2 is 1.56 bits per heavy atom. The number of benzene rings is 1. The van der Waals surface area contributed by atoms with Crippen molar-refractivity contribution in [3.05, 3.63) is 51.6 Å². The number of aliphatic carboxylic acids is 1. The number of carbonyl (C=O) groups excluding carboxylic acids is 3. The predicted octanol–water partition coefficient (Wildman–Crippen LogP) is 3.63. The zero-order valence-corrected chi connectivity index (χ0v) is 22.2. The summed E-state index contributed by atoms with van der Waals surface area (Å²) in [6, 6.07) is 5.66. The van der Waals surface area contributed by atoms with Crippen molar-refractivity contribution in [2.45, 2.75) is 60.5 Å². The highest BCUT2D eigenvalue weighted by atomic mass is 79.9. The van der Waals surface area contributed by atoms with Gasteiger partial charge in [-0.3, -0.25) is 14.4 Å². The third-order valence-corrected chi connectivity index (χ3v) is 5.46. The molecule has 0 unspecified atom stereocenters. The average Bonchev–Trinajstić information content (AvgIpc) is 2.70. The standard InChI is InChI=1S/C25H34BrN3O5/c1-14(2)19(12-15(3)24(33)34)28-23(32)21(25(5,6)7)29-22(31)20(27-16(4)30)13-17-8-10-18(26)11-9-17/h8-14,19,21H,1-7H3,(H,27,30)(H,28,32)(H,29,31)(H,33,34)/b15-12+,20-13-/t19-,21-/m1/s1. The highest BCUT2D eigenvalue weighted by Gasteiger charge is 2.34. The average molecular weight is 536 g/mol. The van der Waals surface area contributed by atoms with Crippen LogP contribution in [0.15, 0.2) is 46.1 Å². The number of carboxylic acids is 1. The molecule has 186 valence electrons. The molecule has 0 aromatic heterocycles. The second kappa shape index (κ2) is 12.5. The summed E-state index contributed by atoms with van der Waals surface area (Å²) in [4.78, 5) is 49.3. The maximum Gasteiger partial charge on any atom is 0.331 e. The highest BCUT2D eigenvalue weighted by molar-refractivity contribution is 9.10. The Bertz CT molecular complexity index is 975. The predicted molar refractivity (Wildman–Crippen MR) is 135 cm³/mol. The minimum absolute atomic E-state index is 0.00102. The third-order valence-electron chi connectivity index (χ3n) is 4.93. The summed E-state index contributed by atoms with van der Waals surface area (Å²) >= 11 is 3.35. The molecule has 0 bridgehead atoms. The number of hydrogen-bond acceptors (Lipinski definition) is 4. The molecule has 0 heterocycles. The molecule has 9 heteroatoms. The van der Waals surface area contributed by atoms with Crippen molar-refractivity contribution in [3.63, 3.8) is 0 Å². The van der Waals surface area contributed by atoms with E-state index in [0.29, 0.717) is 5.56 Å². The Morgan fingerprint density at radius 1 is 1.00 bits per heavy atom. The van der Waals surface area contributed by atoms with Gasteiger partial charge in [-0.15, -0.1) is 0 Å². The van der Waals surface area contributed by atoms with E-state index in [1.165, 1.54) is 26.0 Å². The number of amides is 3. The van der Waals surface area contributed by atoms with Crippen LogP contribution in [0.25, 0.3) is 6.08 Å². The molecule has 1 aromatic rings. The Morgan fingerprint density at radius 3 is 2.00 bits per heavy atom. The molecule has 0 saturated carbocycles. The van der Waals surface area contributed by atoms with Gasteiger partial charge in [0.2, 0.25) is 11.8 Å². The van der Waals surface area contributed by atoms with Crippen molar-refractivity contribution in [1.29, 1.82) is 0 Å². The van der Waals surface area contributed by atoms with Crippen LogP contribution < -0.4 is 16.0 Å². The van der Waals surface area contributed by atoms with E-state index in [0.717, 1.165) is 4.47 Å². The van der Waals surface area contributed by atoms with E-state index in [2.05, 4.69) is 31.9 Å². The van der Waals surface area contributed by atoms with Gasteiger partial charge in [0.25, 0.3) is 5.91 Å². The summed E-state index contributed by atoms with van der Waals surface area (Å²) in [7, 11) is 0. The first kappa shape index (κ1) is 29.1. The summed E-state index contributed by atoms with van der Waals surface area (Å²) in [5.41, 5.74) is 0.124. The zero-order chi connectivity index (χ0) is 26.2. The SMILES string of the molecule is CC(=O)N/C(=C\c1ccc(Br)cc1)C(=O)N[C@H](C(=O)N[C@H](/C=C(\C)C(=O)O)C(C)C)C(C)(C)C. The third kappa shape index (κ3) is 9.51. The second-order valence-corrected chi connectivity index (χ2v) is 10.4. The van der Waals surface area contributed by atoms with Gasteiger partial charge in [0.1, 0.15) is 11.7 Å². The van der Waals surface area contributed by atoms with Gasteiger partial charge in [0, 0.05) is 17.0 Å². The van der Waals surface area contributed by atoms with E-state index >= 15 is 0 Å². The number of hydrogen-bond donors (Lipinski definition) is 4. The molecule has 0 spiro atoms. The topological polar surface area (TPSA) is 125 Å². The van der Waals surface area contributed by atoms with Gasteiger partial charge in [-0.05, 0) is 42.0 Å². The molecule has 0 aliphatic carbocycles. The van der Waals surface area contributed by atoms with Gasteiger partial charge in [0.15, 0.2) is 0 Å². The van der Waals surface area contributed by atoms with Crippen LogP contribution in [-0.2, 0) is 19.2 Å². The number of halogens is 1. The largest absolute Gasteiger partial charge is 0.478 e. The van der Waals surface area contributed by atoms with E-state index in [1.807, 2.05) is 13.8 Å². The number of carboxylic acid groups (broad SMARTS) is 1. The first-order valence-corrected chi connectivity index (χ1v) is 11.7. The van der Waals surface area contributed by atoms with Crippen LogP contribution in [0.3, 0.4) is 0 Å². The fourth-order valence-electron chi connectivity index (χ4n) is 2.95. The smallest absolute Gasteiger partial charge is 0.331 e. The molecular formula is C25H34BrN3O5. The molecule has 0 aliphatic rings. The lowest BCUT2D eigenvalue weighted by atomic mass is 9.85. The van der Waals surface area contributed by atoms with E-state index in [-0.39, 0.29) is 17.2 Å². The van der Waals surface area contributed by atoms with Gasteiger partial charge in [0.05, 0.1) is 6.04 Å². The van der Waals surface area contributed by atoms with E-state index in [4.69, 9.17) is 0 Å². The fourth-order valence-corrected chi connectivity index (χ4v) is 3.21. The maximum atomic E-state index is 13.2. The Kier molecular flexibility index (Phi) is 10.7. The molecule has 34 heavy (non-hydrogen) atoms. The number of rotatable bonds is 9. The van der Waals surface area contributed by atoms with Crippen molar-refractivity contribution in [1.82, 2.24) is 16.0 Å². The molecule has 1 aromatic carbocycles. The van der Waals surface area contributed by atoms with Crippen LogP contribution in [0.2, 0.25) is 0 Å². The first-order chi connectivity index (χ1) is 15.6. The molecule has 2 atom stereocenters. The molecule has 3 amide bonds. The van der Waals surface area contributed by atoms with Gasteiger partial charge in [-0.2, -0.15) is 0 Å². The molecular weight excluding hydrogens is 502 g/mol. The Balaban J connectivity index is 3.23. The molecule has 4 N–H and O–H groups in total. The van der Waals surface area contributed by atoms with Crippen LogP contribution >= 0.6 is 15.9 Å². The van der Waals surface area contributed by atoms with Crippen LogP contribution in [0, 0.1) is 11.3 Å². The number of nitrogens with one attached hydrogen (secondary N) is 3. The summed E-state index contributed by atoms with van der Waals surface area (Å²) in [5.74, 6) is -2.66. The van der Waals surface area contributed by atoms with Gasteiger partial charge in [-0.25, -0.2) is 4.79 Å². The summed E-state index contributed by atoms with van der Waals surface area (Å²) < 4.78 is 0.867. The van der Waals surface area contributed by atoms with Crippen molar-refractivity contribution in [2.75, 3.05) is 0 Å². The maximum absolute atomic E-state index is 13.2. The van der Waals surface area contributed by atoms with Crippen molar-refractivity contribution >= 4 is 45.7 Å². The zero-order valence-electron chi connectivity index (χ0n) is 20.7. The number of carbonyl (C=O) groups is 4. The van der Waals surface area contributed by atoms with Gasteiger partial charge >= 0.3 is 5.97 Å². The monoisotopic (exact) mass is 535 g/mol. The minimum atomic E-state index is -1.07. The van der Waals surface area contributed by atoms with E-state index in [9.17, 15) is 24.3 Å². The van der Waals surface area contributed by atoms with E-state index in [1.54, 1.807) is 45.0 Å². The molecule has 0 radical (unpaired) electrons. The van der Waals surface area contributed by atoms with Crippen molar-refractivity contribution in [3.8, 4) is 0 Å². The van der Waals surface area contributed by atoms with Crippen LogP contribution in [0.4, 0.5) is 0 Å². The van der Waals surface area contributed by atoms with Crippen LogP contribution in [0.5, 0.6) is 0 Å². The fraction of sp³-hybridized carbons (Fsp3) is 0.440. The minimum Gasteiger partial charge on any atom is -0.478 e. The van der Waals surface area contributed by atoms with Gasteiger partial charge < -0.3 is 21.1 Å². The lowest BCUT2D eigenvalue weighted by Crippen LogP contribution is -2.56. The van der Waals surface area contributed by atoms with E-state index < -0.39 is 41.2 Å². The first-order valence-electron chi connectivity index (χ1n) is 10.9. The van der Waals surface area contributed by atoms with Crippen LogP contribution in [-0.4, -0.2) is 40.9 Å². The molecule has 1 rings (SSSR count). The highest BCUT2D eigenvalue weighted by Crippen LogP contribution is 2.21. The summed E-state index contributed by atoms with van der Waals surface area (Å²) in [5, 5.41) is 17.3. The van der Waals surface area contributed by atoms with Crippen molar-refractivity contribution < 1.29 is 24.3 Å². The molecule has 8 nitrogen and oxygen atoms in total. The quantitative estimate of drug-likeness (QED) is 0.359. The lowest BCUT2D eigenvalue weighted by Gasteiger charge is -2.32. The Labute approximate surface area is 209 Å². The molecule has 0 fully saturated rings.